The molecule has 1 unspecified atom stereocenters. The molecule has 16 heavy (non-hydrogen) atoms. The monoisotopic (exact) mass is 223 g/mol. The van der Waals surface area contributed by atoms with E-state index >= 15 is 0 Å². The van der Waals surface area contributed by atoms with Crippen molar-refractivity contribution in [3.05, 3.63) is 0 Å². The van der Waals surface area contributed by atoms with E-state index in [9.17, 15) is 0 Å². The van der Waals surface area contributed by atoms with Crippen LogP contribution in [0.3, 0.4) is 0 Å². The minimum atomic E-state index is 0.881. The molecule has 0 radical (unpaired) electrons. The highest BCUT2D eigenvalue weighted by atomic mass is 15.1. The molecule has 0 N–H and O–H groups in total. The van der Waals surface area contributed by atoms with Gasteiger partial charge in [-0.15, -0.1) is 0 Å². The highest BCUT2D eigenvalue weighted by molar-refractivity contribution is 4.92. The third kappa shape index (κ3) is 2.30. The van der Waals surface area contributed by atoms with Crippen LogP contribution >= 0.6 is 0 Å². The molecule has 0 aromatic rings. The van der Waals surface area contributed by atoms with E-state index in [1.807, 2.05) is 0 Å². The van der Waals surface area contributed by atoms with Crippen LogP contribution in [0.2, 0.25) is 0 Å². The van der Waals surface area contributed by atoms with Gasteiger partial charge in [-0.3, -0.25) is 0 Å². The quantitative estimate of drug-likeness (QED) is 0.685. The molecule has 0 aromatic carbocycles. The van der Waals surface area contributed by atoms with Gasteiger partial charge in [-0.05, 0) is 50.6 Å². The first-order valence-corrected chi connectivity index (χ1v) is 7.29. The molecule has 0 bridgehead atoms. The summed E-state index contributed by atoms with van der Waals surface area (Å²) in [5.74, 6) is 4.12. The maximum Gasteiger partial charge on any atom is 0.00946 e. The van der Waals surface area contributed by atoms with E-state index < -0.39 is 0 Å². The van der Waals surface area contributed by atoms with E-state index in [0.717, 1.165) is 29.7 Å². The lowest BCUT2D eigenvalue weighted by atomic mass is 9.61. The van der Waals surface area contributed by atoms with Crippen molar-refractivity contribution in [1.29, 1.82) is 0 Å². The van der Waals surface area contributed by atoms with Crippen LogP contribution in [0.15, 0.2) is 0 Å². The fraction of sp³-hybridized carbons (Fsp3) is 1.00. The van der Waals surface area contributed by atoms with Crippen molar-refractivity contribution >= 4 is 0 Å². The van der Waals surface area contributed by atoms with Gasteiger partial charge in [0, 0.05) is 6.04 Å². The van der Waals surface area contributed by atoms with Crippen molar-refractivity contribution < 1.29 is 0 Å². The summed E-state index contributed by atoms with van der Waals surface area (Å²) in [6, 6.07) is 0.881. The average molecular weight is 223 g/mol. The molecular formula is C15H29N. The van der Waals surface area contributed by atoms with E-state index in [4.69, 9.17) is 0 Å². The van der Waals surface area contributed by atoms with Crippen LogP contribution in [-0.4, -0.2) is 25.0 Å². The molecule has 2 rings (SSSR count). The Labute approximate surface area is 102 Å². The number of hydrogen-bond donors (Lipinski definition) is 0. The van der Waals surface area contributed by atoms with E-state index in [-0.39, 0.29) is 0 Å². The van der Waals surface area contributed by atoms with Gasteiger partial charge in [0.25, 0.3) is 0 Å². The lowest BCUT2D eigenvalue weighted by molar-refractivity contribution is 0.0294. The molecule has 0 spiro atoms. The molecule has 1 heteroatoms. The molecule has 0 aliphatic heterocycles. The van der Waals surface area contributed by atoms with Gasteiger partial charge in [0.2, 0.25) is 0 Å². The SMILES string of the molecule is CC[C@H](C1CCC1)C(C)C1CC(N(C)C)C1. The average Bonchev–Trinajstić information content (AvgIpc) is 2.07. The van der Waals surface area contributed by atoms with Crippen molar-refractivity contribution in [2.45, 2.75) is 58.4 Å². The van der Waals surface area contributed by atoms with Gasteiger partial charge in [0.15, 0.2) is 0 Å². The van der Waals surface area contributed by atoms with Crippen molar-refractivity contribution in [3.63, 3.8) is 0 Å². The van der Waals surface area contributed by atoms with Gasteiger partial charge in [-0.1, -0.05) is 39.5 Å². The predicted octanol–water partition coefficient (Wildman–Crippen LogP) is 3.79. The minimum absolute atomic E-state index is 0.881. The van der Waals surface area contributed by atoms with E-state index in [1.165, 1.54) is 38.5 Å². The van der Waals surface area contributed by atoms with Gasteiger partial charge >= 0.3 is 0 Å². The minimum Gasteiger partial charge on any atom is -0.306 e. The number of hydrogen-bond acceptors (Lipinski definition) is 1. The Balaban J connectivity index is 1.80. The van der Waals surface area contributed by atoms with Crippen LogP contribution in [0.1, 0.15) is 52.4 Å². The second-order valence-corrected chi connectivity index (χ2v) is 6.47. The van der Waals surface area contributed by atoms with E-state index in [2.05, 4.69) is 32.8 Å². The van der Waals surface area contributed by atoms with Crippen LogP contribution in [0.25, 0.3) is 0 Å². The molecule has 1 nitrogen and oxygen atoms in total. The lowest BCUT2D eigenvalue weighted by Gasteiger charge is -2.47. The zero-order valence-electron chi connectivity index (χ0n) is 11.6. The lowest BCUT2D eigenvalue weighted by Crippen LogP contribution is -2.45. The van der Waals surface area contributed by atoms with E-state index in [1.54, 1.807) is 0 Å². The largest absolute Gasteiger partial charge is 0.306 e. The van der Waals surface area contributed by atoms with Crippen LogP contribution in [-0.2, 0) is 0 Å². The maximum atomic E-state index is 2.53. The van der Waals surface area contributed by atoms with Gasteiger partial charge in [0.05, 0.1) is 0 Å². The Bertz CT molecular complexity index is 213. The summed E-state index contributed by atoms with van der Waals surface area (Å²) in [6.45, 7) is 4.94. The zero-order valence-corrected chi connectivity index (χ0v) is 11.6. The van der Waals surface area contributed by atoms with Crippen molar-refractivity contribution in [1.82, 2.24) is 4.90 Å². The fourth-order valence-electron chi connectivity index (χ4n) is 3.83. The van der Waals surface area contributed by atoms with Crippen molar-refractivity contribution in [2.24, 2.45) is 23.7 Å². The van der Waals surface area contributed by atoms with Gasteiger partial charge < -0.3 is 4.90 Å². The first-order chi connectivity index (χ1) is 7.63. The van der Waals surface area contributed by atoms with E-state index in [0.29, 0.717) is 0 Å². The summed E-state index contributed by atoms with van der Waals surface area (Å²) in [4.78, 5) is 2.41. The second kappa shape index (κ2) is 5.08. The molecule has 0 heterocycles. The summed E-state index contributed by atoms with van der Waals surface area (Å²) in [7, 11) is 4.46. The highest BCUT2D eigenvalue weighted by Gasteiger charge is 2.39. The molecule has 0 saturated heterocycles. The molecule has 94 valence electrons. The summed E-state index contributed by atoms with van der Waals surface area (Å²) in [6.07, 6.45) is 8.86. The molecule has 2 aliphatic rings. The molecule has 2 fully saturated rings. The third-order valence-corrected chi connectivity index (χ3v) is 5.53. The third-order valence-electron chi connectivity index (χ3n) is 5.53. The molecule has 2 saturated carbocycles. The van der Waals surface area contributed by atoms with Crippen LogP contribution in [0.5, 0.6) is 0 Å². The second-order valence-electron chi connectivity index (χ2n) is 6.47. The molecule has 2 atom stereocenters. The molecule has 0 aromatic heterocycles. The topological polar surface area (TPSA) is 3.24 Å². The summed E-state index contributed by atoms with van der Waals surface area (Å²) < 4.78 is 0. The molecule has 0 amide bonds. The normalized spacial score (nSPS) is 34.3. The summed E-state index contributed by atoms with van der Waals surface area (Å²) in [5, 5.41) is 0. The first kappa shape index (κ1) is 12.4. The Morgan fingerprint density at radius 3 is 2.12 bits per heavy atom. The Morgan fingerprint density at radius 2 is 1.75 bits per heavy atom. The van der Waals surface area contributed by atoms with Crippen molar-refractivity contribution in [3.8, 4) is 0 Å². The fourth-order valence-corrected chi connectivity index (χ4v) is 3.83. The van der Waals surface area contributed by atoms with Gasteiger partial charge in [0.1, 0.15) is 0 Å². The molecular weight excluding hydrogens is 194 g/mol. The first-order valence-electron chi connectivity index (χ1n) is 7.29. The Kier molecular flexibility index (Phi) is 3.94. The summed E-state index contributed by atoms with van der Waals surface area (Å²) >= 11 is 0. The van der Waals surface area contributed by atoms with Crippen LogP contribution in [0.4, 0.5) is 0 Å². The zero-order chi connectivity index (χ0) is 11.7. The van der Waals surface area contributed by atoms with Crippen molar-refractivity contribution in [2.75, 3.05) is 14.1 Å². The smallest absolute Gasteiger partial charge is 0.00946 e. The highest BCUT2D eigenvalue weighted by Crippen LogP contribution is 2.46. The van der Waals surface area contributed by atoms with Gasteiger partial charge in [-0.2, -0.15) is 0 Å². The number of rotatable bonds is 5. The molecule has 2 aliphatic carbocycles. The van der Waals surface area contributed by atoms with Crippen LogP contribution in [0, 0.1) is 23.7 Å². The Hall–Kier alpha value is -0.0400. The predicted molar refractivity (Wildman–Crippen MR) is 70.5 cm³/mol. The number of nitrogens with zero attached hydrogens (tertiary/aromatic N) is 1. The Morgan fingerprint density at radius 1 is 1.12 bits per heavy atom. The standard InChI is InChI=1S/C15H29N/c1-5-15(12-7-6-8-12)11(2)13-9-14(10-13)16(3)4/h11-15H,5-10H2,1-4H3/t11?,13?,14?,15-/m0/s1. The van der Waals surface area contributed by atoms with Gasteiger partial charge in [-0.25, -0.2) is 0 Å². The summed E-state index contributed by atoms with van der Waals surface area (Å²) in [5.41, 5.74) is 0. The van der Waals surface area contributed by atoms with Crippen LogP contribution < -0.4 is 0 Å². The maximum absolute atomic E-state index is 2.53.